The Balaban J connectivity index is 1.86. The number of rotatable bonds is 3. The highest BCUT2D eigenvalue weighted by molar-refractivity contribution is 7.89. The van der Waals surface area contributed by atoms with E-state index in [1.54, 1.807) is 18.2 Å². The third-order valence-electron chi connectivity index (χ3n) is 4.18. The monoisotopic (exact) mass is 337 g/mol. The molecule has 0 amide bonds. The number of fused-ring (bicyclic) bond motifs is 1. The first-order valence-corrected chi connectivity index (χ1v) is 9.37. The van der Waals surface area contributed by atoms with Crippen molar-refractivity contribution in [1.29, 1.82) is 0 Å². The molecule has 23 heavy (non-hydrogen) atoms. The van der Waals surface area contributed by atoms with Crippen LogP contribution in [0.1, 0.15) is 25.2 Å². The lowest BCUT2D eigenvalue weighted by atomic mass is 10.3. The van der Waals surface area contributed by atoms with Gasteiger partial charge in [0.05, 0.1) is 10.9 Å². The molecule has 1 aliphatic rings. The summed E-state index contributed by atoms with van der Waals surface area (Å²) in [5.41, 5.74) is 2.68. The molecule has 0 aliphatic carbocycles. The lowest BCUT2D eigenvalue weighted by Gasteiger charge is -2.36. The molecule has 3 heterocycles. The number of piperazine rings is 1. The van der Waals surface area contributed by atoms with Crippen LogP contribution in [0, 0.1) is 13.8 Å². The van der Waals surface area contributed by atoms with Crippen LogP contribution < -0.4 is 4.90 Å². The lowest BCUT2D eigenvalue weighted by Crippen LogP contribution is -2.50. The number of hydrogen-bond acceptors (Lipinski definition) is 5. The smallest absolute Gasteiger partial charge is 0.216 e. The average molecular weight is 337 g/mol. The van der Waals surface area contributed by atoms with Crippen molar-refractivity contribution in [3.8, 4) is 0 Å². The standard InChI is InChI=1S/C15H23N5O2S/c1-11(2)23(21,22)19-7-5-18(6-8-19)15-10-12(3)16-14-9-13(4)17-20(14)15/h9-11H,5-8H2,1-4H3. The Kier molecular flexibility index (Phi) is 4.05. The summed E-state index contributed by atoms with van der Waals surface area (Å²) in [5.74, 6) is 0.974. The molecular weight excluding hydrogens is 314 g/mol. The number of aryl methyl sites for hydroxylation is 2. The highest BCUT2D eigenvalue weighted by Gasteiger charge is 2.30. The predicted octanol–water partition coefficient (Wildman–Crippen LogP) is 1.21. The first kappa shape index (κ1) is 16.2. The zero-order valence-corrected chi connectivity index (χ0v) is 14.8. The maximum Gasteiger partial charge on any atom is 0.216 e. The first-order chi connectivity index (χ1) is 10.8. The van der Waals surface area contributed by atoms with Gasteiger partial charge in [-0.2, -0.15) is 13.9 Å². The molecule has 1 aliphatic heterocycles. The van der Waals surface area contributed by atoms with E-state index in [1.807, 2.05) is 30.5 Å². The minimum absolute atomic E-state index is 0.377. The van der Waals surface area contributed by atoms with E-state index in [1.165, 1.54) is 0 Å². The molecule has 0 radical (unpaired) electrons. The van der Waals surface area contributed by atoms with Crippen molar-refractivity contribution in [3.05, 3.63) is 23.5 Å². The normalized spacial score (nSPS) is 17.3. The van der Waals surface area contributed by atoms with E-state index in [-0.39, 0.29) is 5.25 Å². The van der Waals surface area contributed by atoms with Crippen molar-refractivity contribution in [3.63, 3.8) is 0 Å². The van der Waals surface area contributed by atoms with Gasteiger partial charge in [-0.1, -0.05) is 0 Å². The SMILES string of the molecule is Cc1cc(N2CCN(S(=O)(=O)C(C)C)CC2)n2nc(C)cc2n1. The molecule has 0 bridgehead atoms. The Hall–Kier alpha value is -1.67. The van der Waals surface area contributed by atoms with Gasteiger partial charge in [0.2, 0.25) is 10.0 Å². The van der Waals surface area contributed by atoms with Gasteiger partial charge in [0.1, 0.15) is 5.82 Å². The first-order valence-electron chi connectivity index (χ1n) is 7.87. The van der Waals surface area contributed by atoms with Gasteiger partial charge in [-0.15, -0.1) is 0 Å². The number of nitrogens with zero attached hydrogens (tertiary/aromatic N) is 5. The van der Waals surface area contributed by atoms with Crippen LogP contribution in [-0.2, 0) is 10.0 Å². The molecule has 8 heteroatoms. The molecule has 0 aromatic carbocycles. The topological polar surface area (TPSA) is 70.8 Å². The molecule has 3 rings (SSSR count). The second-order valence-corrected chi connectivity index (χ2v) is 8.78. The lowest BCUT2D eigenvalue weighted by molar-refractivity contribution is 0.379. The Morgan fingerprint density at radius 3 is 2.30 bits per heavy atom. The maximum absolute atomic E-state index is 12.3. The third-order valence-corrected chi connectivity index (χ3v) is 6.45. The quantitative estimate of drug-likeness (QED) is 0.842. The molecule has 1 saturated heterocycles. The van der Waals surface area contributed by atoms with Crippen molar-refractivity contribution < 1.29 is 8.42 Å². The van der Waals surface area contributed by atoms with E-state index >= 15 is 0 Å². The van der Waals surface area contributed by atoms with Gasteiger partial charge in [0.25, 0.3) is 0 Å². The number of anilines is 1. The van der Waals surface area contributed by atoms with Crippen LogP contribution in [0.3, 0.4) is 0 Å². The molecule has 0 N–H and O–H groups in total. The van der Waals surface area contributed by atoms with Crippen LogP contribution in [0.25, 0.3) is 5.65 Å². The van der Waals surface area contributed by atoms with Crippen molar-refractivity contribution in [2.75, 3.05) is 31.1 Å². The van der Waals surface area contributed by atoms with Crippen LogP contribution >= 0.6 is 0 Å². The second kappa shape index (κ2) is 5.76. The largest absolute Gasteiger partial charge is 0.354 e. The fourth-order valence-corrected chi connectivity index (χ4v) is 4.16. The second-order valence-electron chi connectivity index (χ2n) is 6.29. The zero-order chi connectivity index (χ0) is 16.8. The summed E-state index contributed by atoms with van der Waals surface area (Å²) in [6.07, 6.45) is 0. The molecule has 2 aromatic rings. The number of aromatic nitrogens is 3. The van der Waals surface area contributed by atoms with E-state index < -0.39 is 10.0 Å². The maximum atomic E-state index is 12.3. The highest BCUT2D eigenvalue weighted by Crippen LogP contribution is 2.21. The van der Waals surface area contributed by atoms with Crippen molar-refractivity contribution in [2.24, 2.45) is 0 Å². The van der Waals surface area contributed by atoms with Gasteiger partial charge < -0.3 is 4.90 Å². The fraction of sp³-hybridized carbons (Fsp3) is 0.600. The molecule has 1 fully saturated rings. The molecule has 7 nitrogen and oxygen atoms in total. The highest BCUT2D eigenvalue weighted by atomic mass is 32.2. The summed E-state index contributed by atoms with van der Waals surface area (Å²) < 4.78 is 28.0. The Morgan fingerprint density at radius 1 is 1.04 bits per heavy atom. The van der Waals surface area contributed by atoms with Gasteiger partial charge >= 0.3 is 0 Å². The summed E-state index contributed by atoms with van der Waals surface area (Å²) in [4.78, 5) is 6.68. The molecular formula is C15H23N5O2S. The molecule has 126 valence electrons. The molecule has 0 saturated carbocycles. The van der Waals surface area contributed by atoms with Gasteiger partial charge in [-0.3, -0.25) is 0 Å². The molecule has 0 unspecified atom stereocenters. The van der Waals surface area contributed by atoms with Gasteiger partial charge in [0.15, 0.2) is 5.65 Å². The van der Waals surface area contributed by atoms with Gasteiger partial charge in [0, 0.05) is 44.0 Å². The number of sulfonamides is 1. The average Bonchev–Trinajstić information content (AvgIpc) is 2.86. The third kappa shape index (κ3) is 2.92. The van der Waals surface area contributed by atoms with E-state index in [0.29, 0.717) is 26.2 Å². The minimum atomic E-state index is -3.18. The van der Waals surface area contributed by atoms with Crippen LogP contribution in [-0.4, -0.2) is 58.8 Å². The molecule has 0 spiro atoms. The fourth-order valence-electron chi connectivity index (χ4n) is 2.89. The summed E-state index contributed by atoms with van der Waals surface area (Å²) in [5, 5.41) is 4.13. The van der Waals surface area contributed by atoms with E-state index in [9.17, 15) is 8.42 Å². The Morgan fingerprint density at radius 2 is 1.70 bits per heavy atom. The molecule has 2 aromatic heterocycles. The van der Waals surface area contributed by atoms with Crippen LogP contribution in [0.2, 0.25) is 0 Å². The van der Waals surface area contributed by atoms with Crippen molar-refractivity contribution in [2.45, 2.75) is 32.9 Å². The van der Waals surface area contributed by atoms with Gasteiger partial charge in [-0.05, 0) is 27.7 Å². The minimum Gasteiger partial charge on any atom is -0.354 e. The van der Waals surface area contributed by atoms with Crippen LogP contribution in [0.4, 0.5) is 5.82 Å². The van der Waals surface area contributed by atoms with Crippen LogP contribution in [0.15, 0.2) is 12.1 Å². The molecule has 0 atom stereocenters. The number of hydrogen-bond donors (Lipinski definition) is 0. The van der Waals surface area contributed by atoms with Crippen molar-refractivity contribution in [1.82, 2.24) is 18.9 Å². The summed E-state index contributed by atoms with van der Waals surface area (Å²) >= 11 is 0. The summed E-state index contributed by atoms with van der Waals surface area (Å²) in [7, 11) is -3.18. The Labute approximate surface area is 137 Å². The predicted molar refractivity (Wildman–Crippen MR) is 90.3 cm³/mol. The summed E-state index contributed by atoms with van der Waals surface area (Å²) in [6.45, 7) is 9.68. The zero-order valence-electron chi connectivity index (χ0n) is 14.0. The van der Waals surface area contributed by atoms with Gasteiger partial charge in [-0.25, -0.2) is 13.4 Å². The van der Waals surface area contributed by atoms with Crippen LogP contribution in [0.5, 0.6) is 0 Å². The summed E-state index contributed by atoms with van der Waals surface area (Å²) in [6, 6.07) is 3.96. The van der Waals surface area contributed by atoms with E-state index in [0.717, 1.165) is 22.9 Å². The van der Waals surface area contributed by atoms with Crippen molar-refractivity contribution >= 4 is 21.5 Å². The Bertz CT molecular complexity index is 820. The van der Waals surface area contributed by atoms with E-state index in [2.05, 4.69) is 15.0 Å². The van der Waals surface area contributed by atoms with E-state index in [4.69, 9.17) is 0 Å².